The van der Waals surface area contributed by atoms with Gasteiger partial charge in [-0.1, -0.05) is 22.0 Å². The lowest BCUT2D eigenvalue weighted by molar-refractivity contribution is 0.163. The maximum atomic E-state index is 9.12. The monoisotopic (exact) mass is 243 g/mol. The Morgan fingerprint density at radius 3 is 3.08 bits per heavy atom. The van der Waals surface area contributed by atoms with E-state index in [4.69, 9.17) is 15.6 Å². The molecule has 2 rings (SSSR count). The van der Waals surface area contributed by atoms with Gasteiger partial charge in [0.15, 0.2) is 0 Å². The maximum absolute atomic E-state index is 9.12. The second-order valence-corrected chi connectivity index (χ2v) is 4.16. The predicted octanol–water partition coefficient (Wildman–Crippen LogP) is 0.988. The van der Waals surface area contributed by atoms with E-state index >= 15 is 0 Å². The molecule has 70 valence electrons. The second kappa shape index (κ2) is 2.97. The number of fused-ring (bicyclic) bond motifs is 1. The molecule has 1 heterocycles. The van der Waals surface area contributed by atoms with Gasteiger partial charge in [-0.3, -0.25) is 0 Å². The summed E-state index contributed by atoms with van der Waals surface area (Å²) in [5, 5.41) is 9.12. The highest BCUT2D eigenvalue weighted by Crippen LogP contribution is 2.36. The second-order valence-electron chi connectivity index (χ2n) is 3.24. The minimum Gasteiger partial charge on any atom is -0.491 e. The summed E-state index contributed by atoms with van der Waals surface area (Å²) >= 11 is 3.34. The van der Waals surface area contributed by atoms with Gasteiger partial charge < -0.3 is 15.6 Å². The standard InChI is InChI=1S/C9H10BrNO2/c10-6-1-2-7-8(3-6)13-5-9(7,11)4-12/h1-3,12H,4-5,11H2. The molecule has 13 heavy (non-hydrogen) atoms. The number of hydrogen-bond donors (Lipinski definition) is 2. The first-order chi connectivity index (χ1) is 6.15. The number of rotatable bonds is 1. The summed E-state index contributed by atoms with van der Waals surface area (Å²) in [6.45, 7) is 0.247. The molecule has 1 aromatic carbocycles. The van der Waals surface area contributed by atoms with Crippen LogP contribution in [-0.4, -0.2) is 18.3 Å². The molecule has 0 fully saturated rings. The van der Waals surface area contributed by atoms with Gasteiger partial charge in [0.25, 0.3) is 0 Å². The van der Waals surface area contributed by atoms with Gasteiger partial charge in [0.05, 0.1) is 6.61 Å². The Bertz CT molecular complexity index is 342. The van der Waals surface area contributed by atoms with E-state index in [1.807, 2.05) is 18.2 Å². The van der Waals surface area contributed by atoms with E-state index in [9.17, 15) is 0 Å². The Balaban J connectivity index is 2.49. The van der Waals surface area contributed by atoms with Crippen molar-refractivity contribution in [2.75, 3.05) is 13.2 Å². The zero-order valence-electron chi connectivity index (χ0n) is 6.96. The molecule has 0 aliphatic carbocycles. The lowest BCUT2D eigenvalue weighted by Crippen LogP contribution is -2.41. The number of hydrogen-bond acceptors (Lipinski definition) is 3. The number of halogens is 1. The van der Waals surface area contributed by atoms with Crippen molar-refractivity contribution >= 4 is 15.9 Å². The number of benzene rings is 1. The third kappa shape index (κ3) is 1.35. The van der Waals surface area contributed by atoms with Crippen LogP contribution in [-0.2, 0) is 5.54 Å². The van der Waals surface area contributed by atoms with Gasteiger partial charge in [-0.25, -0.2) is 0 Å². The van der Waals surface area contributed by atoms with Crippen LogP contribution in [0.1, 0.15) is 5.56 Å². The van der Waals surface area contributed by atoms with Gasteiger partial charge in [-0.05, 0) is 12.1 Å². The molecule has 1 aliphatic rings. The molecular formula is C9H10BrNO2. The molecular weight excluding hydrogens is 234 g/mol. The van der Waals surface area contributed by atoms with Gasteiger partial charge in [0.1, 0.15) is 17.9 Å². The summed E-state index contributed by atoms with van der Waals surface area (Å²) in [5.74, 6) is 0.755. The molecule has 0 saturated heterocycles. The van der Waals surface area contributed by atoms with Crippen LogP contribution in [0.15, 0.2) is 22.7 Å². The number of nitrogens with two attached hydrogens (primary N) is 1. The van der Waals surface area contributed by atoms with Crippen LogP contribution in [0.3, 0.4) is 0 Å². The number of aliphatic hydroxyl groups is 1. The first-order valence-corrected chi connectivity index (χ1v) is 4.77. The summed E-state index contributed by atoms with van der Waals surface area (Å²) in [6, 6.07) is 5.63. The number of ether oxygens (including phenoxy) is 1. The lowest BCUT2D eigenvalue weighted by atomic mass is 9.94. The zero-order chi connectivity index (χ0) is 9.47. The molecule has 1 aliphatic heterocycles. The number of aliphatic hydroxyl groups excluding tert-OH is 1. The third-order valence-corrected chi connectivity index (χ3v) is 2.74. The Labute approximate surface area is 84.6 Å². The smallest absolute Gasteiger partial charge is 0.125 e. The minimum atomic E-state index is -0.726. The average Bonchev–Trinajstić information content (AvgIpc) is 2.45. The van der Waals surface area contributed by atoms with Crippen LogP contribution >= 0.6 is 15.9 Å². The van der Waals surface area contributed by atoms with Crippen molar-refractivity contribution in [1.82, 2.24) is 0 Å². The van der Waals surface area contributed by atoms with E-state index in [-0.39, 0.29) is 6.61 Å². The van der Waals surface area contributed by atoms with Gasteiger partial charge in [0.2, 0.25) is 0 Å². The summed E-state index contributed by atoms with van der Waals surface area (Å²) in [5.41, 5.74) is 6.08. The van der Waals surface area contributed by atoms with Crippen LogP contribution < -0.4 is 10.5 Å². The molecule has 1 unspecified atom stereocenters. The van der Waals surface area contributed by atoms with Gasteiger partial charge in [-0.15, -0.1) is 0 Å². The summed E-state index contributed by atoms with van der Waals surface area (Å²) in [6.07, 6.45) is 0. The van der Waals surface area contributed by atoms with Crippen molar-refractivity contribution in [2.24, 2.45) is 5.73 Å². The van der Waals surface area contributed by atoms with Crippen LogP contribution in [0.5, 0.6) is 5.75 Å². The van der Waals surface area contributed by atoms with Crippen molar-refractivity contribution in [3.05, 3.63) is 28.2 Å². The molecule has 0 bridgehead atoms. The van der Waals surface area contributed by atoms with Gasteiger partial charge in [-0.2, -0.15) is 0 Å². The molecule has 3 nitrogen and oxygen atoms in total. The van der Waals surface area contributed by atoms with Crippen LogP contribution in [0.2, 0.25) is 0 Å². The van der Waals surface area contributed by atoms with Crippen LogP contribution in [0.25, 0.3) is 0 Å². The SMILES string of the molecule is NC1(CO)COc2cc(Br)ccc21. The maximum Gasteiger partial charge on any atom is 0.125 e. The van der Waals surface area contributed by atoms with Crippen molar-refractivity contribution in [1.29, 1.82) is 0 Å². The molecule has 0 amide bonds. The van der Waals surface area contributed by atoms with Crippen molar-refractivity contribution in [3.63, 3.8) is 0 Å². The fourth-order valence-corrected chi connectivity index (χ4v) is 1.78. The van der Waals surface area contributed by atoms with E-state index in [2.05, 4.69) is 15.9 Å². The Kier molecular flexibility index (Phi) is 2.06. The highest BCUT2D eigenvalue weighted by molar-refractivity contribution is 9.10. The molecule has 1 aromatic rings. The first kappa shape index (κ1) is 8.99. The molecule has 0 radical (unpaired) electrons. The third-order valence-electron chi connectivity index (χ3n) is 2.25. The summed E-state index contributed by atoms with van der Waals surface area (Å²) in [7, 11) is 0. The average molecular weight is 244 g/mol. The quantitative estimate of drug-likeness (QED) is 0.774. The minimum absolute atomic E-state index is 0.0956. The molecule has 1 atom stereocenters. The molecule has 0 aromatic heterocycles. The fourth-order valence-electron chi connectivity index (χ4n) is 1.44. The van der Waals surface area contributed by atoms with Gasteiger partial charge >= 0.3 is 0 Å². The summed E-state index contributed by atoms with van der Waals surface area (Å²) < 4.78 is 6.32. The van der Waals surface area contributed by atoms with Crippen LogP contribution in [0, 0.1) is 0 Å². The van der Waals surface area contributed by atoms with E-state index < -0.39 is 5.54 Å². The van der Waals surface area contributed by atoms with E-state index in [1.54, 1.807) is 0 Å². The Morgan fingerprint density at radius 1 is 1.62 bits per heavy atom. The molecule has 4 heteroatoms. The van der Waals surface area contributed by atoms with Crippen molar-refractivity contribution < 1.29 is 9.84 Å². The molecule has 0 saturated carbocycles. The summed E-state index contributed by atoms with van der Waals surface area (Å²) in [4.78, 5) is 0. The highest BCUT2D eigenvalue weighted by Gasteiger charge is 2.36. The van der Waals surface area contributed by atoms with Crippen molar-refractivity contribution in [2.45, 2.75) is 5.54 Å². The Hall–Kier alpha value is -0.580. The Morgan fingerprint density at radius 2 is 2.38 bits per heavy atom. The van der Waals surface area contributed by atoms with E-state index in [0.29, 0.717) is 6.61 Å². The zero-order valence-corrected chi connectivity index (χ0v) is 8.54. The van der Waals surface area contributed by atoms with E-state index in [0.717, 1.165) is 15.8 Å². The van der Waals surface area contributed by atoms with E-state index in [1.165, 1.54) is 0 Å². The normalized spacial score (nSPS) is 25.5. The molecule has 0 spiro atoms. The van der Waals surface area contributed by atoms with Gasteiger partial charge in [0, 0.05) is 10.0 Å². The first-order valence-electron chi connectivity index (χ1n) is 3.98. The topological polar surface area (TPSA) is 55.5 Å². The predicted molar refractivity (Wildman–Crippen MR) is 52.6 cm³/mol. The highest BCUT2D eigenvalue weighted by atomic mass is 79.9. The largest absolute Gasteiger partial charge is 0.491 e. The fraction of sp³-hybridized carbons (Fsp3) is 0.333. The lowest BCUT2D eigenvalue weighted by Gasteiger charge is -2.18. The van der Waals surface area contributed by atoms with Crippen LogP contribution in [0.4, 0.5) is 0 Å². The van der Waals surface area contributed by atoms with Crippen molar-refractivity contribution in [3.8, 4) is 5.75 Å². The molecule has 3 N–H and O–H groups in total.